The molecule has 0 radical (unpaired) electrons. The molecule has 26 heavy (non-hydrogen) atoms. The van der Waals surface area contributed by atoms with Gasteiger partial charge in [-0.1, -0.05) is 30.3 Å². The van der Waals surface area contributed by atoms with E-state index in [1.165, 1.54) is 0 Å². The second-order valence-electron chi connectivity index (χ2n) is 6.11. The van der Waals surface area contributed by atoms with E-state index in [0.29, 0.717) is 30.4 Å². The maximum Gasteiger partial charge on any atom is 0.264 e. The molecule has 3 aromatic rings. The van der Waals surface area contributed by atoms with Gasteiger partial charge in [-0.05, 0) is 42.3 Å². The van der Waals surface area contributed by atoms with Gasteiger partial charge < -0.3 is 14.2 Å². The zero-order valence-corrected chi connectivity index (χ0v) is 14.5. The Balaban J connectivity index is 1.48. The molecule has 0 saturated carbocycles. The monoisotopic (exact) mass is 349 g/mol. The van der Waals surface area contributed by atoms with Gasteiger partial charge in [0.2, 0.25) is 11.7 Å². The molecule has 1 aromatic heterocycles. The van der Waals surface area contributed by atoms with E-state index in [1.807, 2.05) is 55.5 Å². The first-order valence-electron chi connectivity index (χ1n) is 8.68. The highest BCUT2D eigenvalue weighted by Gasteiger charge is 2.25. The van der Waals surface area contributed by atoms with Crippen molar-refractivity contribution in [2.45, 2.75) is 19.8 Å². The second kappa shape index (κ2) is 7.00. The Morgan fingerprint density at radius 3 is 2.85 bits per heavy atom. The van der Waals surface area contributed by atoms with E-state index in [9.17, 15) is 4.79 Å². The number of para-hydroxylation sites is 1. The van der Waals surface area contributed by atoms with Crippen LogP contribution in [0.2, 0.25) is 0 Å². The van der Waals surface area contributed by atoms with Crippen molar-refractivity contribution in [1.29, 1.82) is 0 Å². The van der Waals surface area contributed by atoms with Gasteiger partial charge in [-0.2, -0.15) is 4.98 Å². The molecule has 0 aliphatic carbocycles. The number of hydrogen-bond donors (Lipinski definition) is 0. The van der Waals surface area contributed by atoms with Gasteiger partial charge in [0.25, 0.3) is 5.91 Å². The quantitative estimate of drug-likeness (QED) is 0.707. The van der Waals surface area contributed by atoms with E-state index >= 15 is 0 Å². The summed E-state index contributed by atoms with van der Waals surface area (Å²) in [4.78, 5) is 18.7. The molecule has 6 nitrogen and oxygen atoms in total. The molecule has 1 amide bonds. The topological polar surface area (TPSA) is 68.5 Å². The van der Waals surface area contributed by atoms with Crippen LogP contribution >= 0.6 is 0 Å². The lowest BCUT2D eigenvalue weighted by Crippen LogP contribution is -2.33. The highest BCUT2D eigenvalue weighted by molar-refractivity contribution is 5.96. The zero-order chi connectivity index (χ0) is 17.9. The van der Waals surface area contributed by atoms with Crippen molar-refractivity contribution < 1.29 is 14.1 Å². The number of rotatable bonds is 5. The molecule has 0 atom stereocenters. The fourth-order valence-electron chi connectivity index (χ4n) is 3.06. The summed E-state index contributed by atoms with van der Waals surface area (Å²) >= 11 is 0. The molecule has 0 spiro atoms. The van der Waals surface area contributed by atoms with Crippen LogP contribution in [0.5, 0.6) is 5.75 Å². The van der Waals surface area contributed by atoms with Crippen LogP contribution < -0.4 is 9.64 Å². The van der Waals surface area contributed by atoms with Gasteiger partial charge in [0.1, 0.15) is 5.75 Å². The van der Waals surface area contributed by atoms with Gasteiger partial charge >= 0.3 is 0 Å². The minimum Gasteiger partial charge on any atom is -0.484 e. The summed E-state index contributed by atoms with van der Waals surface area (Å²) in [5, 5.41) is 4.01. The smallest absolute Gasteiger partial charge is 0.264 e. The van der Waals surface area contributed by atoms with Gasteiger partial charge in [-0.3, -0.25) is 4.79 Å². The molecular formula is C20H19N3O3. The predicted octanol–water partition coefficient (Wildman–Crippen LogP) is 3.27. The highest BCUT2D eigenvalue weighted by Crippen LogP contribution is 2.31. The molecular weight excluding hydrogens is 330 g/mol. The van der Waals surface area contributed by atoms with Gasteiger partial charge in [-0.15, -0.1) is 0 Å². The third-order valence-corrected chi connectivity index (χ3v) is 4.41. The number of anilines is 1. The summed E-state index contributed by atoms with van der Waals surface area (Å²) in [5.41, 5.74) is 2.94. The van der Waals surface area contributed by atoms with Gasteiger partial charge in [0.15, 0.2) is 6.61 Å². The molecule has 2 heterocycles. The summed E-state index contributed by atoms with van der Waals surface area (Å²) in [6, 6.07) is 15.3. The zero-order valence-electron chi connectivity index (χ0n) is 14.5. The number of aryl methyl sites for hydroxylation is 1. The van der Waals surface area contributed by atoms with Gasteiger partial charge in [-0.25, -0.2) is 0 Å². The summed E-state index contributed by atoms with van der Waals surface area (Å²) in [6.45, 7) is 2.65. The van der Waals surface area contributed by atoms with Crippen LogP contribution in [0.3, 0.4) is 0 Å². The standard InChI is InChI=1S/C20H19N3O3/c1-2-18-21-20(22-26-18)15-8-9-17-14(12-15)10-11-23(17)19(24)13-25-16-6-4-3-5-7-16/h3-9,12H,2,10-11,13H2,1H3. The number of fused-ring (bicyclic) bond motifs is 1. The number of aromatic nitrogens is 2. The molecule has 4 rings (SSSR count). The lowest BCUT2D eigenvalue weighted by molar-refractivity contribution is -0.120. The summed E-state index contributed by atoms with van der Waals surface area (Å²) in [7, 11) is 0. The fourth-order valence-corrected chi connectivity index (χ4v) is 3.06. The van der Waals surface area contributed by atoms with E-state index in [1.54, 1.807) is 4.90 Å². The van der Waals surface area contributed by atoms with E-state index in [0.717, 1.165) is 23.2 Å². The largest absolute Gasteiger partial charge is 0.484 e. The SMILES string of the molecule is CCc1nc(-c2ccc3c(c2)CCN3C(=O)COc2ccccc2)no1. The summed E-state index contributed by atoms with van der Waals surface area (Å²) in [6.07, 6.45) is 1.51. The van der Waals surface area contributed by atoms with Crippen molar-refractivity contribution in [3.8, 4) is 17.1 Å². The first kappa shape index (κ1) is 16.3. The molecule has 0 fully saturated rings. The third-order valence-electron chi connectivity index (χ3n) is 4.41. The molecule has 2 aromatic carbocycles. The Morgan fingerprint density at radius 2 is 2.08 bits per heavy atom. The van der Waals surface area contributed by atoms with E-state index in [4.69, 9.17) is 9.26 Å². The van der Waals surface area contributed by atoms with Crippen LogP contribution in [0.25, 0.3) is 11.4 Å². The molecule has 132 valence electrons. The fraction of sp³-hybridized carbons (Fsp3) is 0.250. The molecule has 1 aliphatic rings. The lowest BCUT2D eigenvalue weighted by atomic mass is 10.1. The van der Waals surface area contributed by atoms with Crippen molar-refractivity contribution in [2.75, 3.05) is 18.1 Å². The number of ether oxygens (including phenoxy) is 1. The summed E-state index contributed by atoms with van der Waals surface area (Å²) in [5.74, 6) is 1.85. The average Bonchev–Trinajstić information content (AvgIpc) is 3.33. The maximum absolute atomic E-state index is 12.5. The number of benzene rings is 2. The minimum atomic E-state index is -0.0480. The lowest BCUT2D eigenvalue weighted by Gasteiger charge is -2.17. The number of amides is 1. The van der Waals surface area contributed by atoms with Crippen LogP contribution in [0.1, 0.15) is 18.4 Å². The Labute approximate surface area is 151 Å². The number of carbonyl (C=O) groups is 1. The second-order valence-corrected chi connectivity index (χ2v) is 6.11. The average molecular weight is 349 g/mol. The minimum absolute atomic E-state index is 0.0237. The summed E-state index contributed by atoms with van der Waals surface area (Å²) < 4.78 is 10.8. The Hall–Kier alpha value is -3.15. The number of hydrogen-bond acceptors (Lipinski definition) is 5. The van der Waals surface area contributed by atoms with E-state index < -0.39 is 0 Å². The molecule has 0 saturated heterocycles. The van der Waals surface area contributed by atoms with Gasteiger partial charge in [0.05, 0.1) is 0 Å². The molecule has 0 N–H and O–H groups in total. The van der Waals surface area contributed by atoms with Gasteiger partial charge in [0, 0.05) is 24.2 Å². The van der Waals surface area contributed by atoms with Crippen molar-refractivity contribution in [3.05, 3.63) is 60.0 Å². The maximum atomic E-state index is 12.5. The van der Waals surface area contributed by atoms with Crippen LogP contribution in [0, 0.1) is 0 Å². The van der Waals surface area contributed by atoms with Crippen molar-refractivity contribution in [1.82, 2.24) is 10.1 Å². The molecule has 1 aliphatic heterocycles. The highest BCUT2D eigenvalue weighted by atomic mass is 16.5. The predicted molar refractivity (Wildman–Crippen MR) is 97.1 cm³/mol. The Morgan fingerprint density at radius 1 is 1.23 bits per heavy atom. The van der Waals surface area contributed by atoms with Crippen molar-refractivity contribution in [3.63, 3.8) is 0 Å². The first-order chi connectivity index (χ1) is 12.7. The van der Waals surface area contributed by atoms with Crippen LogP contribution in [-0.4, -0.2) is 29.2 Å². The molecule has 0 unspecified atom stereocenters. The Bertz CT molecular complexity index is 921. The van der Waals surface area contributed by atoms with Crippen LogP contribution in [0.4, 0.5) is 5.69 Å². The number of carbonyl (C=O) groups excluding carboxylic acids is 1. The normalized spacial score (nSPS) is 12.9. The molecule has 0 bridgehead atoms. The van der Waals surface area contributed by atoms with E-state index in [2.05, 4.69) is 10.1 Å². The third kappa shape index (κ3) is 3.18. The van der Waals surface area contributed by atoms with Crippen LogP contribution in [-0.2, 0) is 17.6 Å². The van der Waals surface area contributed by atoms with Crippen molar-refractivity contribution in [2.24, 2.45) is 0 Å². The van der Waals surface area contributed by atoms with Crippen LogP contribution in [0.15, 0.2) is 53.1 Å². The first-order valence-corrected chi connectivity index (χ1v) is 8.68. The number of nitrogens with zero attached hydrogens (tertiary/aromatic N) is 3. The van der Waals surface area contributed by atoms with E-state index in [-0.39, 0.29) is 12.5 Å². The Kier molecular flexibility index (Phi) is 4.39. The molecule has 6 heteroatoms. The van der Waals surface area contributed by atoms with Crippen molar-refractivity contribution >= 4 is 11.6 Å².